The van der Waals surface area contributed by atoms with Crippen LogP contribution in [-0.2, 0) is 6.42 Å². The molecule has 1 aliphatic rings. The summed E-state index contributed by atoms with van der Waals surface area (Å²) in [7, 11) is 0. The van der Waals surface area contributed by atoms with Gasteiger partial charge in [-0.05, 0) is 12.1 Å². The summed E-state index contributed by atoms with van der Waals surface area (Å²) in [6, 6.07) is 12.1. The lowest BCUT2D eigenvalue weighted by atomic mass is 10.1. The molecule has 2 heterocycles. The highest BCUT2D eigenvalue weighted by Crippen LogP contribution is 2.10. The third kappa shape index (κ3) is 2.91. The SMILES string of the molecule is C1=CN=C(c2ccccc2)N(CCc2ncccn2)C1. The Kier molecular flexibility index (Phi) is 3.83. The topological polar surface area (TPSA) is 41.4 Å². The Balaban J connectivity index is 1.72. The minimum atomic E-state index is 0.820. The van der Waals surface area contributed by atoms with Crippen LogP contribution in [0, 0.1) is 0 Å². The maximum Gasteiger partial charge on any atom is 0.136 e. The zero-order valence-corrected chi connectivity index (χ0v) is 11.2. The van der Waals surface area contributed by atoms with Gasteiger partial charge in [0.05, 0.1) is 0 Å². The van der Waals surface area contributed by atoms with Crippen molar-refractivity contribution in [3.63, 3.8) is 0 Å². The Morgan fingerprint density at radius 2 is 1.80 bits per heavy atom. The molecule has 0 aliphatic carbocycles. The van der Waals surface area contributed by atoms with Crippen LogP contribution in [-0.4, -0.2) is 33.8 Å². The molecule has 1 aliphatic heterocycles. The first kappa shape index (κ1) is 12.5. The molecule has 0 N–H and O–H groups in total. The lowest BCUT2D eigenvalue weighted by Gasteiger charge is -2.26. The minimum absolute atomic E-state index is 0.820. The monoisotopic (exact) mass is 264 g/mol. The summed E-state index contributed by atoms with van der Waals surface area (Å²) < 4.78 is 0. The van der Waals surface area contributed by atoms with Gasteiger partial charge in [-0.2, -0.15) is 0 Å². The number of aromatic nitrogens is 2. The third-order valence-corrected chi connectivity index (χ3v) is 3.18. The molecule has 4 nitrogen and oxygen atoms in total. The van der Waals surface area contributed by atoms with Gasteiger partial charge in [-0.15, -0.1) is 0 Å². The smallest absolute Gasteiger partial charge is 0.136 e. The number of hydrogen-bond acceptors (Lipinski definition) is 4. The van der Waals surface area contributed by atoms with E-state index in [0.29, 0.717) is 0 Å². The number of aliphatic imine (C=N–C) groups is 1. The van der Waals surface area contributed by atoms with Crippen LogP contribution in [0.4, 0.5) is 0 Å². The average molecular weight is 264 g/mol. The molecule has 0 radical (unpaired) electrons. The Bertz CT molecular complexity index is 605. The first-order valence-electron chi connectivity index (χ1n) is 6.72. The van der Waals surface area contributed by atoms with Crippen molar-refractivity contribution in [2.24, 2.45) is 4.99 Å². The van der Waals surface area contributed by atoms with Gasteiger partial charge in [-0.25, -0.2) is 15.0 Å². The summed E-state index contributed by atoms with van der Waals surface area (Å²) in [6.07, 6.45) is 8.33. The quantitative estimate of drug-likeness (QED) is 0.851. The molecule has 100 valence electrons. The normalized spacial score (nSPS) is 14.2. The molecule has 4 heteroatoms. The van der Waals surface area contributed by atoms with E-state index in [1.807, 2.05) is 30.5 Å². The van der Waals surface area contributed by atoms with Crippen LogP contribution in [0.25, 0.3) is 0 Å². The highest BCUT2D eigenvalue weighted by molar-refractivity contribution is 5.99. The first-order chi connectivity index (χ1) is 9.93. The van der Waals surface area contributed by atoms with Crippen molar-refractivity contribution in [3.05, 3.63) is 72.5 Å². The first-order valence-corrected chi connectivity index (χ1v) is 6.72. The number of amidine groups is 1. The van der Waals surface area contributed by atoms with Gasteiger partial charge in [-0.1, -0.05) is 30.3 Å². The van der Waals surface area contributed by atoms with Crippen molar-refractivity contribution >= 4 is 5.84 Å². The van der Waals surface area contributed by atoms with Gasteiger partial charge in [0.15, 0.2) is 0 Å². The number of rotatable bonds is 4. The van der Waals surface area contributed by atoms with Crippen LogP contribution in [0.5, 0.6) is 0 Å². The standard InChI is InChI=1S/C16H16N4/c1-2-6-14(7-3-1)16-19-11-5-12-20(16)13-8-15-17-9-4-10-18-15/h1-7,9-11H,8,12-13H2. The molecule has 3 rings (SSSR count). The molecule has 20 heavy (non-hydrogen) atoms. The van der Waals surface area contributed by atoms with Gasteiger partial charge < -0.3 is 4.90 Å². The summed E-state index contributed by atoms with van der Waals surface area (Å²) in [5.41, 5.74) is 1.14. The molecule has 1 aromatic carbocycles. The Morgan fingerprint density at radius 1 is 1.00 bits per heavy atom. The fraction of sp³-hybridized carbons (Fsp3) is 0.188. The van der Waals surface area contributed by atoms with E-state index in [9.17, 15) is 0 Å². The molecule has 0 bridgehead atoms. The van der Waals surface area contributed by atoms with E-state index in [1.165, 1.54) is 0 Å². The highest BCUT2D eigenvalue weighted by atomic mass is 15.2. The van der Waals surface area contributed by atoms with Crippen molar-refractivity contribution in [1.29, 1.82) is 0 Å². The zero-order chi connectivity index (χ0) is 13.6. The predicted molar refractivity (Wildman–Crippen MR) is 79.4 cm³/mol. The second kappa shape index (κ2) is 6.10. The summed E-state index contributed by atoms with van der Waals surface area (Å²) in [4.78, 5) is 15.3. The Morgan fingerprint density at radius 3 is 2.60 bits per heavy atom. The second-order valence-corrected chi connectivity index (χ2v) is 4.56. The number of benzene rings is 1. The van der Waals surface area contributed by atoms with Gasteiger partial charge in [0.2, 0.25) is 0 Å². The Labute approximate surface area is 118 Å². The van der Waals surface area contributed by atoms with Crippen LogP contribution in [0.1, 0.15) is 11.4 Å². The highest BCUT2D eigenvalue weighted by Gasteiger charge is 2.14. The lowest BCUT2D eigenvalue weighted by molar-refractivity contribution is 0.456. The molecule has 0 spiro atoms. The van der Waals surface area contributed by atoms with Crippen molar-refractivity contribution in [3.8, 4) is 0 Å². The van der Waals surface area contributed by atoms with E-state index in [4.69, 9.17) is 0 Å². The van der Waals surface area contributed by atoms with Crippen molar-refractivity contribution < 1.29 is 0 Å². The van der Waals surface area contributed by atoms with Gasteiger partial charge in [0, 0.05) is 43.7 Å². The van der Waals surface area contributed by atoms with E-state index in [-0.39, 0.29) is 0 Å². The molecule has 0 saturated carbocycles. The summed E-state index contributed by atoms with van der Waals surface area (Å²) in [5.74, 6) is 1.89. The molecule has 1 aromatic heterocycles. The van der Waals surface area contributed by atoms with E-state index in [1.54, 1.807) is 12.4 Å². The van der Waals surface area contributed by atoms with Gasteiger partial charge in [0.1, 0.15) is 11.7 Å². The van der Waals surface area contributed by atoms with Crippen molar-refractivity contribution in [2.75, 3.05) is 13.1 Å². The molecule has 0 fully saturated rings. The molecular formula is C16H16N4. The van der Waals surface area contributed by atoms with Crippen LogP contribution < -0.4 is 0 Å². The third-order valence-electron chi connectivity index (χ3n) is 3.18. The van der Waals surface area contributed by atoms with E-state index >= 15 is 0 Å². The maximum atomic E-state index is 4.51. The molecule has 0 atom stereocenters. The summed E-state index contributed by atoms with van der Waals surface area (Å²) in [5, 5.41) is 0. The van der Waals surface area contributed by atoms with Crippen LogP contribution in [0.2, 0.25) is 0 Å². The fourth-order valence-electron chi connectivity index (χ4n) is 2.20. The molecule has 0 saturated heterocycles. The van der Waals surface area contributed by atoms with Gasteiger partial charge in [0.25, 0.3) is 0 Å². The number of nitrogens with zero attached hydrogens (tertiary/aromatic N) is 4. The van der Waals surface area contributed by atoms with Gasteiger partial charge in [-0.3, -0.25) is 0 Å². The van der Waals surface area contributed by atoms with E-state index < -0.39 is 0 Å². The van der Waals surface area contributed by atoms with E-state index in [2.05, 4.69) is 38.1 Å². The zero-order valence-electron chi connectivity index (χ0n) is 11.2. The summed E-state index contributed by atoms with van der Waals surface area (Å²) in [6.45, 7) is 1.74. The van der Waals surface area contributed by atoms with E-state index in [0.717, 1.165) is 36.7 Å². The van der Waals surface area contributed by atoms with Crippen molar-refractivity contribution in [2.45, 2.75) is 6.42 Å². The van der Waals surface area contributed by atoms with Crippen LogP contribution in [0.15, 0.2) is 66.1 Å². The predicted octanol–water partition coefficient (Wildman–Crippen LogP) is 2.30. The largest absolute Gasteiger partial charge is 0.352 e. The minimum Gasteiger partial charge on any atom is -0.352 e. The average Bonchev–Trinajstić information content (AvgIpc) is 2.55. The fourth-order valence-corrected chi connectivity index (χ4v) is 2.20. The molecule has 2 aromatic rings. The molecular weight excluding hydrogens is 248 g/mol. The molecule has 0 unspecified atom stereocenters. The number of hydrogen-bond donors (Lipinski definition) is 0. The Hall–Kier alpha value is -2.49. The lowest BCUT2D eigenvalue weighted by Crippen LogP contribution is -2.35. The second-order valence-electron chi connectivity index (χ2n) is 4.56. The summed E-state index contributed by atoms with van der Waals surface area (Å²) >= 11 is 0. The maximum absolute atomic E-state index is 4.51. The van der Waals surface area contributed by atoms with Gasteiger partial charge >= 0.3 is 0 Å². The molecule has 0 amide bonds. The van der Waals surface area contributed by atoms with Crippen LogP contribution >= 0.6 is 0 Å². The van der Waals surface area contributed by atoms with Crippen molar-refractivity contribution in [1.82, 2.24) is 14.9 Å². The van der Waals surface area contributed by atoms with Crippen LogP contribution in [0.3, 0.4) is 0 Å².